The smallest absolute Gasteiger partial charge is 0.253 e. The van der Waals surface area contributed by atoms with Gasteiger partial charge >= 0.3 is 0 Å². The molecule has 0 saturated carbocycles. The molecule has 2 N–H and O–H groups in total. The molecule has 0 atom stereocenters. The zero-order valence-corrected chi connectivity index (χ0v) is 17.9. The van der Waals surface area contributed by atoms with E-state index in [1.165, 1.54) is 11.1 Å². The molecular formula is C27H28N2O2. The number of primary amides is 1. The largest absolute Gasteiger partial charge is 0.369 e. The lowest BCUT2D eigenvalue weighted by molar-refractivity contribution is -0.130. The first-order valence-corrected chi connectivity index (χ1v) is 10.8. The molecule has 0 spiro atoms. The van der Waals surface area contributed by atoms with Crippen molar-refractivity contribution in [1.82, 2.24) is 4.90 Å². The molecule has 1 saturated heterocycles. The number of rotatable bonds is 5. The van der Waals surface area contributed by atoms with Crippen molar-refractivity contribution in [3.8, 4) is 11.1 Å². The molecule has 0 bridgehead atoms. The minimum Gasteiger partial charge on any atom is -0.369 e. The van der Waals surface area contributed by atoms with Gasteiger partial charge in [0.2, 0.25) is 5.91 Å². The van der Waals surface area contributed by atoms with E-state index >= 15 is 0 Å². The lowest BCUT2D eigenvalue weighted by atomic mass is 9.73. The Labute approximate surface area is 183 Å². The van der Waals surface area contributed by atoms with Crippen LogP contribution in [0.4, 0.5) is 0 Å². The molecule has 3 aromatic rings. The molecular weight excluding hydrogens is 384 g/mol. The Bertz CT molecular complexity index is 1070. The summed E-state index contributed by atoms with van der Waals surface area (Å²) in [5.41, 5.74) is 10.6. The minimum atomic E-state index is -0.613. The van der Waals surface area contributed by atoms with Gasteiger partial charge in [-0.05, 0) is 55.0 Å². The third kappa shape index (κ3) is 4.53. The summed E-state index contributed by atoms with van der Waals surface area (Å²) in [4.78, 5) is 27.0. The van der Waals surface area contributed by atoms with Gasteiger partial charge in [-0.3, -0.25) is 9.59 Å². The van der Waals surface area contributed by atoms with E-state index in [-0.39, 0.29) is 11.8 Å². The van der Waals surface area contributed by atoms with E-state index < -0.39 is 5.41 Å². The first-order chi connectivity index (χ1) is 15.0. The summed E-state index contributed by atoms with van der Waals surface area (Å²) in [6, 6.07) is 26.1. The van der Waals surface area contributed by atoms with Crippen molar-refractivity contribution in [2.75, 3.05) is 13.1 Å². The van der Waals surface area contributed by atoms with E-state index in [0.29, 0.717) is 37.9 Å². The number of likely N-dealkylation sites (tertiary alicyclic amines) is 1. The molecule has 1 fully saturated rings. The Morgan fingerprint density at radius 2 is 1.55 bits per heavy atom. The molecule has 4 heteroatoms. The molecule has 3 aromatic carbocycles. The molecule has 4 nitrogen and oxygen atoms in total. The number of carbonyl (C=O) groups excluding carboxylic acids is 2. The first-order valence-electron chi connectivity index (χ1n) is 10.8. The van der Waals surface area contributed by atoms with Crippen LogP contribution in [0.2, 0.25) is 0 Å². The number of nitrogens with two attached hydrogens (primary N) is 1. The van der Waals surface area contributed by atoms with Crippen molar-refractivity contribution < 1.29 is 9.59 Å². The normalized spacial score (nSPS) is 15.5. The third-order valence-electron chi connectivity index (χ3n) is 6.40. The van der Waals surface area contributed by atoms with Crippen LogP contribution in [-0.4, -0.2) is 29.8 Å². The fraction of sp³-hybridized carbons (Fsp3) is 0.259. The summed E-state index contributed by atoms with van der Waals surface area (Å²) in [5.74, 6) is -0.261. The molecule has 0 radical (unpaired) electrons. The van der Waals surface area contributed by atoms with Gasteiger partial charge < -0.3 is 10.6 Å². The molecule has 1 aliphatic heterocycles. The van der Waals surface area contributed by atoms with Gasteiger partial charge in [0, 0.05) is 18.7 Å². The van der Waals surface area contributed by atoms with Gasteiger partial charge in [0.1, 0.15) is 0 Å². The second-order valence-corrected chi connectivity index (χ2v) is 8.55. The van der Waals surface area contributed by atoms with Crippen molar-refractivity contribution in [3.05, 3.63) is 95.6 Å². The average Bonchev–Trinajstić information content (AvgIpc) is 2.80. The van der Waals surface area contributed by atoms with Crippen molar-refractivity contribution in [3.63, 3.8) is 0 Å². The molecule has 0 aliphatic carbocycles. The second kappa shape index (κ2) is 8.76. The predicted molar refractivity (Wildman–Crippen MR) is 124 cm³/mol. The van der Waals surface area contributed by atoms with E-state index in [9.17, 15) is 9.59 Å². The van der Waals surface area contributed by atoms with Gasteiger partial charge in [0.05, 0.1) is 5.41 Å². The average molecular weight is 413 g/mol. The van der Waals surface area contributed by atoms with Crippen LogP contribution in [0.1, 0.15) is 34.3 Å². The van der Waals surface area contributed by atoms with E-state index in [4.69, 9.17) is 5.73 Å². The van der Waals surface area contributed by atoms with Crippen LogP contribution >= 0.6 is 0 Å². The molecule has 0 unspecified atom stereocenters. The van der Waals surface area contributed by atoms with Gasteiger partial charge in [0.25, 0.3) is 5.91 Å². The molecule has 1 aliphatic rings. The van der Waals surface area contributed by atoms with E-state index in [0.717, 1.165) is 11.1 Å². The maximum Gasteiger partial charge on any atom is 0.253 e. The van der Waals surface area contributed by atoms with E-state index in [2.05, 4.69) is 55.5 Å². The van der Waals surface area contributed by atoms with Crippen molar-refractivity contribution >= 4 is 11.8 Å². The summed E-state index contributed by atoms with van der Waals surface area (Å²) in [6.45, 7) is 3.17. The number of amides is 2. The maximum absolute atomic E-state index is 12.7. The summed E-state index contributed by atoms with van der Waals surface area (Å²) in [6.07, 6.45) is 1.77. The molecule has 2 amide bonds. The Morgan fingerprint density at radius 1 is 0.871 bits per heavy atom. The molecule has 1 heterocycles. The number of hydrogen-bond donors (Lipinski definition) is 1. The van der Waals surface area contributed by atoms with E-state index in [1.54, 1.807) is 0 Å². The lowest BCUT2D eigenvalue weighted by Gasteiger charge is -2.40. The fourth-order valence-corrected chi connectivity index (χ4v) is 4.44. The van der Waals surface area contributed by atoms with Crippen LogP contribution in [0.3, 0.4) is 0 Å². The highest BCUT2D eigenvalue weighted by Gasteiger charge is 2.41. The summed E-state index contributed by atoms with van der Waals surface area (Å²) in [5, 5.41) is 0. The van der Waals surface area contributed by atoms with Gasteiger partial charge in [-0.2, -0.15) is 0 Å². The van der Waals surface area contributed by atoms with Gasteiger partial charge in [-0.1, -0.05) is 72.3 Å². The number of piperidine rings is 1. The quantitative estimate of drug-likeness (QED) is 0.665. The standard InChI is InChI=1S/C27H28N2O2/c1-20-6-5-9-24(18-20)22-12-10-21(11-13-22)19-27(26(28)31)14-16-29(17-15-27)25(30)23-7-3-2-4-8-23/h2-13,18H,14-17,19H2,1H3,(H2,28,31). The van der Waals surface area contributed by atoms with Crippen LogP contribution in [0.15, 0.2) is 78.9 Å². The number of hydrogen-bond acceptors (Lipinski definition) is 2. The third-order valence-corrected chi connectivity index (χ3v) is 6.40. The first kappa shape index (κ1) is 20.9. The zero-order chi connectivity index (χ0) is 21.8. The number of carbonyl (C=O) groups is 2. The SMILES string of the molecule is Cc1cccc(-c2ccc(CC3(C(N)=O)CCN(C(=O)c4ccccc4)CC3)cc2)c1. The van der Waals surface area contributed by atoms with Crippen LogP contribution in [0.5, 0.6) is 0 Å². The van der Waals surface area contributed by atoms with Crippen molar-refractivity contribution in [2.24, 2.45) is 11.1 Å². The highest BCUT2D eigenvalue weighted by molar-refractivity contribution is 5.94. The van der Waals surface area contributed by atoms with Crippen molar-refractivity contribution in [2.45, 2.75) is 26.2 Å². The highest BCUT2D eigenvalue weighted by atomic mass is 16.2. The zero-order valence-electron chi connectivity index (χ0n) is 17.9. The van der Waals surface area contributed by atoms with Crippen LogP contribution in [0.25, 0.3) is 11.1 Å². The topological polar surface area (TPSA) is 63.4 Å². The predicted octanol–water partition coefficient (Wildman–Crippen LogP) is 4.61. The fourth-order valence-electron chi connectivity index (χ4n) is 4.44. The van der Waals surface area contributed by atoms with Gasteiger partial charge in [0.15, 0.2) is 0 Å². The monoisotopic (exact) mass is 412 g/mol. The highest BCUT2D eigenvalue weighted by Crippen LogP contribution is 2.36. The Balaban J connectivity index is 1.46. The minimum absolute atomic E-state index is 0.0150. The summed E-state index contributed by atoms with van der Waals surface area (Å²) >= 11 is 0. The number of benzene rings is 3. The Morgan fingerprint density at radius 3 is 2.16 bits per heavy atom. The molecule has 0 aromatic heterocycles. The van der Waals surface area contributed by atoms with E-state index in [1.807, 2.05) is 35.2 Å². The molecule has 158 valence electrons. The Hall–Kier alpha value is -3.40. The Kier molecular flexibility index (Phi) is 5.90. The van der Waals surface area contributed by atoms with Crippen LogP contribution < -0.4 is 5.73 Å². The van der Waals surface area contributed by atoms with Crippen LogP contribution in [0, 0.1) is 12.3 Å². The maximum atomic E-state index is 12.7. The van der Waals surface area contributed by atoms with Gasteiger partial charge in [-0.15, -0.1) is 0 Å². The number of nitrogens with zero attached hydrogens (tertiary/aromatic N) is 1. The molecule has 31 heavy (non-hydrogen) atoms. The van der Waals surface area contributed by atoms with Gasteiger partial charge in [-0.25, -0.2) is 0 Å². The van der Waals surface area contributed by atoms with Crippen molar-refractivity contribution in [1.29, 1.82) is 0 Å². The lowest BCUT2D eigenvalue weighted by Crippen LogP contribution is -2.49. The summed E-state index contributed by atoms with van der Waals surface area (Å²) in [7, 11) is 0. The second-order valence-electron chi connectivity index (χ2n) is 8.55. The molecule has 4 rings (SSSR count). The van der Waals surface area contributed by atoms with Crippen LogP contribution in [-0.2, 0) is 11.2 Å². The summed E-state index contributed by atoms with van der Waals surface area (Å²) < 4.78 is 0. The number of aryl methyl sites for hydroxylation is 1.